The summed E-state index contributed by atoms with van der Waals surface area (Å²) >= 11 is 0. The molecule has 3 rings (SSSR count). The Kier molecular flexibility index (Phi) is 7.22. The maximum Gasteiger partial charge on any atom is 0.163 e. The summed E-state index contributed by atoms with van der Waals surface area (Å²) < 4.78 is 21.8. The molecular formula is C22H23N3O4. The van der Waals surface area contributed by atoms with Crippen LogP contribution in [0.1, 0.15) is 5.56 Å². The van der Waals surface area contributed by atoms with E-state index in [0.717, 1.165) is 22.2 Å². The predicted molar refractivity (Wildman–Crippen MR) is 112 cm³/mol. The third-order valence-electron chi connectivity index (χ3n) is 4.08. The van der Waals surface area contributed by atoms with Gasteiger partial charge in [-0.25, -0.2) is 9.97 Å². The van der Waals surface area contributed by atoms with Gasteiger partial charge >= 0.3 is 0 Å². The molecule has 0 amide bonds. The number of methoxy groups -OCH3 is 2. The summed E-state index contributed by atoms with van der Waals surface area (Å²) in [5.41, 5.74) is 2.34. The van der Waals surface area contributed by atoms with Gasteiger partial charge in [0.05, 0.1) is 18.7 Å². The first-order valence-electron chi connectivity index (χ1n) is 9.11. The van der Waals surface area contributed by atoms with Crippen LogP contribution in [-0.4, -0.2) is 50.6 Å². The molecule has 3 aromatic rings. The molecule has 0 aliphatic heterocycles. The van der Waals surface area contributed by atoms with E-state index in [9.17, 15) is 0 Å². The molecular weight excluding hydrogens is 376 g/mol. The first-order chi connectivity index (χ1) is 14.2. The highest BCUT2D eigenvalue weighted by atomic mass is 16.5. The average Bonchev–Trinajstić information content (AvgIpc) is 2.75. The monoisotopic (exact) mass is 399 g/mol. The van der Waals surface area contributed by atoms with E-state index >= 15 is 0 Å². The second-order valence-corrected chi connectivity index (χ2v) is 6.07. The summed E-state index contributed by atoms with van der Waals surface area (Å²) in [7, 11) is 3.25. The van der Waals surface area contributed by atoms with Gasteiger partial charge < -0.3 is 24.3 Å². The fourth-order valence-electron chi connectivity index (χ4n) is 2.68. The van der Waals surface area contributed by atoms with Crippen molar-refractivity contribution in [3.05, 3.63) is 48.3 Å². The van der Waals surface area contributed by atoms with Crippen LogP contribution in [0, 0.1) is 12.3 Å². The predicted octanol–water partition coefficient (Wildman–Crippen LogP) is 3.41. The van der Waals surface area contributed by atoms with Crippen molar-refractivity contribution in [2.45, 2.75) is 0 Å². The number of aromatic nitrogens is 2. The summed E-state index contributed by atoms with van der Waals surface area (Å²) in [5, 5.41) is 4.10. The van der Waals surface area contributed by atoms with Crippen LogP contribution in [0.15, 0.2) is 42.7 Å². The van der Waals surface area contributed by atoms with Gasteiger partial charge in [0.1, 0.15) is 25.4 Å². The third-order valence-corrected chi connectivity index (χ3v) is 4.08. The van der Waals surface area contributed by atoms with Crippen LogP contribution in [0.5, 0.6) is 11.5 Å². The highest BCUT2D eigenvalue weighted by molar-refractivity contribution is 5.93. The Hall–Kier alpha value is -3.34. The number of benzene rings is 2. The number of rotatable bonds is 10. The first-order valence-corrected chi connectivity index (χ1v) is 9.11. The van der Waals surface area contributed by atoms with Gasteiger partial charge in [0.2, 0.25) is 0 Å². The van der Waals surface area contributed by atoms with Gasteiger partial charge in [-0.3, -0.25) is 0 Å². The maximum atomic E-state index is 5.86. The summed E-state index contributed by atoms with van der Waals surface area (Å²) in [4.78, 5) is 8.75. The fraction of sp³-hybridized carbons (Fsp3) is 0.273. The summed E-state index contributed by atoms with van der Waals surface area (Å²) in [6, 6.07) is 11.3. The zero-order valence-corrected chi connectivity index (χ0v) is 16.5. The first kappa shape index (κ1) is 20.4. The number of fused-ring (bicyclic) bond motifs is 1. The van der Waals surface area contributed by atoms with Gasteiger partial charge in [0.25, 0.3) is 0 Å². The van der Waals surface area contributed by atoms with Crippen LogP contribution < -0.4 is 14.8 Å². The van der Waals surface area contributed by atoms with Crippen LogP contribution in [0.25, 0.3) is 10.9 Å². The van der Waals surface area contributed by atoms with Gasteiger partial charge in [-0.15, -0.1) is 6.42 Å². The van der Waals surface area contributed by atoms with E-state index < -0.39 is 0 Å². The lowest BCUT2D eigenvalue weighted by Gasteiger charge is -2.15. The number of hydrogen-bond donors (Lipinski definition) is 1. The van der Waals surface area contributed by atoms with Crippen LogP contribution in [-0.2, 0) is 9.47 Å². The minimum Gasteiger partial charge on any atom is -0.487 e. The molecule has 7 nitrogen and oxygen atoms in total. The van der Waals surface area contributed by atoms with Crippen molar-refractivity contribution in [2.24, 2.45) is 0 Å². The molecule has 150 valence electrons. The average molecular weight is 399 g/mol. The van der Waals surface area contributed by atoms with Gasteiger partial charge in [-0.2, -0.15) is 0 Å². The van der Waals surface area contributed by atoms with Crippen molar-refractivity contribution in [1.82, 2.24) is 9.97 Å². The van der Waals surface area contributed by atoms with Crippen molar-refractivity contribution in [1.29, 1.82) is 0 Å². The van der Waals surface area contributed by atoms with E-state index in [1.54, 1.807) is 14.2 Å². The molecule has 1 N–H and O–H groups in total. The van der Waals surface area contributed by atoms with Crippen molar-refractivity contribution in [3.63, 3.8) is 0 Å². The largest absolute Gasteiger partial charge is 0.487 e. The molecule has 0 atom stereocenters. The van der Waals surface area contributed by atoms with Crippen molar-refractivity contribution in [3.8, 4) is 23.8 Å². The molecule has 0 saturated carbocycles. The Labute approximate surface area is 170 Å². The Morgan fingerprint density at radius 3 is 2.34 bits per heavy atom. The molecule has 0 unspecified atom stereocenters. The second-order valence-electron chi connectivity index (χ2n) is 6.07. The van der Waals surface area contributed by atoms with Crippen LogP contribution in [0.3, 0.4) is 0 Å². The van der Waals surface area contributed by atoms with Crippen LogP contribution >= 0.6 is 0 Å². The number of hydrogen-bond acceptors (Lipinski definition) is 7. The van der Waals surface area contributed by atoms with E-state index in [1.807, 2.05) is 36.4 Å². The summed E-state index contributed by atoms with van der Waals surface area (Å²) in [6.45, 7) is 1.73. The van der Waals surface area contributed by atoms with E-state index in [-0.39, 0.29) is 0 Å². The number of anilines is 2. The minimum absolute atomic E-state index is 0.392. The molecule has 0 radical (unpaired) electrons. The molecule has 1 aromatic heterocycles. The molecule has 0 aliphatic rings. The van der Waals surface area contributed by atoms with E-state index in [4.69, 9.17) is 25.4 Å². The van der Waals surface area contributed by atoms with Gasteiger partial charge in [0.15, 0.2) is 11.5 Å². The molecule has 2 aromatic carbocycles. The molecule has 1 heterocycles. The number of nitrogens with zero attached hydrogens (tertiary/aromatic N) is 2. The molecule has 0 bridgehead atoms. The highest BCUT2D eigenvalue weighted by Gasteiger charge is 2.13. The van der Waals surface area contributed by atoms with Gasteiger partial charge in [0, 0.05) is 36.9 Å². The van der Waals surface area contributed by atoms with Gasteiger partial charge in [-0.05, 0) is 24.3 Å². The third kappa shape index (κ3) is 5.35. The van der Waals surface area contributed by atoms with Crippen LogP contribution in [0.2, 0.25) is 0 Å². The number of ether oxygens (including phenoxy) is 4. The van der Waals surface area contributed by atoms with Crippen molar-refractivity contribution >= 4 is 22.4 Å². The van der Waals surface area contributed by atoms with E-state index in [0.29, 0.717) is 43.7 Å². The van der Waals surface area contributed by atoms with Crippen molar-refractivity contribution < 1.29 is 18.9 Å². The lowest BCUT2D eigenvalue weighted by Crippen LogP contribution is -2.09. The molecule has 7 heteroatoms. The Bertz CT molecular complexity index is 1000. The quantitative estimate of drug-likeness (QED) is 0.414. The zero-order chi connectivity index (χ0) is 20.5. The van der Waals surface area contributed by atoms with E-state index in [1.165, 1.54) is 6.33 Å². The highest BCUT2D eigenvalue weighted by Crippen LogP contribution is 2.35. The molecule has 0 fully saturated rings. The Balaban J connectivity index is 1.96. The lowest BCUT2D eigenvalue weighted by atomic mass is 10.2. The lowest BCUT2D eigenvalue weighted by molar-refractivity contribution is 0.132. The fourth-order valence-corrected chi connectivity index (χ4v) is 2.68. The normalized spacial score (nSPS) is 10.5. The van der Waals surface area contributed by atoms with Crippen LogP contribution in [0.4, 0.5) is 11.5 Å². The molecule has 0 spiro atoms. The Morgan fingerprint density at radius 1 is 0.931 bits per heavy atom. The Morgan fingerprint density at radius 2 is 1.66 bits per heavy atom. The second kappa shape index (κ2) is 10.3. The molecule has 0 aliphatic carbocycles. The zero-order valence-electron chi connectivity index (χ0n) is 16.5. The minimum atomic E-state index is 0.392. The van der Waals surface area contributed by atoms with Crippen molar-refractivity contribution in [2.75, 3.05) is 46.0 Å². The molecule has 29 heavy (non-hydrogen) atoms. The van der Waals surface area contributed by atoms with E-state index in [2.05, 4.69) is 21.2 Å². The summed E-state index contributed by atoms with van der Waals surface area (Å²) in [5.74, 6) is 4.44. The SMILES string of the molecule is C#C[13c]1[13cH][13cH][13cH][13c](Nc2ncnc3cc(OCCOC)c(OCCOC)cc23)[13cH]1. The number of nitrogens with one attached hydrogen (secondary N) is 1. The standard InChI is InChI=1S/C22H23N3O4/c1-4-16-6-5-7-17(12-16)25-22-18-13-20(28-10-8-26-2)21(29-11-9-27-3)14-19(18)23-15-24-22/h1,5-7,12-15H,8-11H2,2-3H3,(H,23,24,25)/i5+1,6+1,7+1,12+1,16+1,17+1. The smallest absolute Gasteiger partial charge is 0.163 e. The van der Waals surface area contributed by atoms with Gasteiger partial charge in [-0.1, -0.05) is 12.0 Å². The number of terminal acetylenes is 1. The summed E-state index contributed by atoms with van der Waals surface area (Å²) in [6.07, 6.45) is 6.99. The maximum absolute atomic E-state index is 5.86. The topological polar surface area (TPSA) is 74.7 Å². The molecule has 0 saturated heterocycles.